The number of hydrogen-bond acceptors (Lipinski definition) is 2. The van der Waals surface area contributed by atoms with Gasteiger partial charge in [-0.2, -0.15) is 0 Å². The Kier molecular flexibility index (Phi) is 3.97. The van der Waals surface area contributed by atoms with Gasteiger partial charge in [-0.25, -0.2) is 4.79 Å². The topological polar surface area (TPSA) is 44.4 Å². The number of nitrogens with zero attached hydrogens (tertiary/aromatic N) is 1. The van der Waals surface area contributed by atoms with Gasteiger partial charge in [-0.05, 0) is 40.7 Å². The number of urea groups is 1. The van der Waals surface area contributed by atoms with Crippen molar-refractivity contribution in [1.82, 2.24) is 15.5 Å². The van der Waals surface area contributed by atoms with Crippen molar-refractivity contribution in [2.24, 2.45) is 0 Å². The highest BCUT2D eigenvalue weighted by atomic mass is 16.2. The molecule has 0 aromatic rings. The molecule has 4 nitrogen and oxygen atoms in total. The highest BCUT2D eigenvalue weighted by molar-refractivity contribution is 5.74. The Balaban J connectivity index is 2.40. The smallest absolute Gasteiger partial charge is 0.317 e. The lowest BCUT2D eigenvalue weighted by Gasteiger charge is -2.39. The summed E-state index contributed by atoms with van der Waals surface area (Å²) >= 11 is 0. The zero-order chi connectivity index (χ0) is 11.5. The van der Waals surface area contributed by atoms with Crippen LogP contribution in [0.3, 0.4) is 0 Å². The van der Waals surface area contributed by atoms with Crippen molar-refractivity contribution >= 4 is 6.03 Å². The molecule has 2 amide bonds. The maximum atomic E-state index is 11.7. The third-order valence-corrected chi connectivity index (χ3v) is 3.17. The van der Waals surface area contributed by atoms with E-state index in [0.29, 0.717) is 0 Å². The minimum absolute atomic E-state index is 0.0724. The number of carbonyl (C=O) groups is 1. The molecule has 4 heteroatoms. The van der Waals surface area contributed by atoms with Crippen molar-refractivity contribution in [3.05, 3.63) is 0 Å². The maximum absolute atomic E-state index is 11.7. The highest BCUT2D eigenvalue weighted by Crippen LogP contribution is 2.20. The van der Waals surface area contributed by atoms with Crippen LogP contribution in [0.2, 0.25) is 0 Å². The normalized spacial score (nSPS) is 20.5. The van der Waals surface area contributed by atoms with E-state index in [1.54, 1.807) is 0 Å². The number of hydrogen-bond donors (Lipinski definition) is 2. The van der Waals surface area contributed by atoms with Crippen LogP contribution in [0.4, 0.5) is 4.79 Å². The van der Waals surface area contributed by atoms with Gasteiger partial charge in [0.1, 0.15) is 0 Å². The largest absolute Gasteiger partial charge is 0.336 e. The molecule has 0 aromatic carbocycles. The van der Waals surface area contributed by atoms with E-state index in [1.165, 1.54) is 0 Å². The lowest BCUT2D eigenvalue weighted by Crippen LogP contribution is -2.54. The molecule has 0 aliphatic carbocycles. The van der Waals surface area contributed by atoms with Gasteiger partial charge in [0, 0.05) is 24.7 Å². The van der Waals surface area contributed by atoms with Crippen molar-refractivity contribution in [1.29, 1.82) is 0 Å². The van der Waals surface area contributed by atoms with Crippen LogP contribution in [-0.4, -0.2) is 42.6 Å². The van der Waals surface area contributed by atoms with Gasteiger partial charge < -0.3 is 15.5 Å². The van der Waals surface area contributed by atoms with Gasteiger partial charge in [0.15, 0.2) is 0 Å². The molecule has 0 saturated carbocycles. The third-order valence-electron chi connectivity index (χ3n) is 3.17. The van der Waals surface area contributed by atoms with Gasteiger partial charge >= 0.3 is 6.03 Å². The third kappa shape index (κ3) is 3.38. The summed E-state index contributed by atoms with van der Waals surface area (Å²) < 4.78 is 0. The fourth-order valence-corrected chi connectivity index (χ4v) is 1.79. The first kappa shape index (κ1) is 12.3. The summed E-state index contributed by atoms with van der Waals surface area (Å²) in [6.07, 6.45) is 2.05. The summed E-state index contributed by atoms with van der Waals surface area (Å²) in [5.74, 6) is 0. The fraction of sp³-hybridized carbons (Fsp3) is 0.909. The van der Waals surface area contributed by atoms with Crippen molar-refractivity contribution in [2.75, 3.05) is 20.1 Å². The van der Waals surface area contributed by atoms with E-state index in [9.17, 15) is 4.79 Å². The molecule has 2 N–H and O–H groups in total. The molecule has 88 valence electrons. The molecular formula is C11H23N3O. The van der Waals surface area contributed by atoms with E-state index in [0.717, 1.165) is 25.9 Å². The van der Waals surface area contributed by atoms with Gasteiger partial charge in [-0.3, -0.25) is 0 Å². The van der Waals surface area contributed by atoms with Crippen LogP contribution >= 0.6 is 0 Å². The predicted molar refractivity (Wildman–Crippen MR) is 61.9 cm³/mol. The molecule has 0 spiro atoms. The average Bonchev–Trinajstić information content (AvgIpc) is 2.18. The first-order chi connectivity index (χ1) is 6.97. The molecule has 0 aromatic heterocycles. The molecule has 0 unspecified atom stereocenters. The van der Waals surface area contributed by atoms with Crippen LogP contribution in [0.5, 0.6) is 0 Å². The second-order valence-electron chi connectivity index (χ2n) is 4.90. The van der Waals surface area contributed by atoms with E-state index in [2.05, 4.69) is 17.6 Å². The summed E-state index contributed by atoms with van der Waals surface area (Å²) in [6, 6.07) is 0.290. The van der Waals surface area contributed by atoms with E-state index in [-0.39, 0.29) is 17.6 Å². The van der Waals surface area contributed by atoms with Gasteiger partial charge in [0.2, 0.25) is 0 Å². The Morgan fingerprint density at radius 3 is 2.27 bits per heavy atom. The molecule has 0 radical (unpaired) electrons. The number of rotatable bonds is 2. The molecule has 0 bridgehead atoms. The van der Waals surface area contributed by atoms with Crippen molar-refractivity contribution in [3.63, 3.8) is 0 Å². The summed E-state index contributed by atoms with van der Waals surface area (Å²) in [4.78, 5) is 13.6. The first-order valence-electron chi connectivity index (χ1n) is 5.71. The Morgan fingerprint density at radius 1 is 1.33 bits per heavy atom. The van der Waals surface area contributed by atoms with Crippen molar-refractivity contribution in [2.45, 2.75) is 45.2 Å². The second-order valence-corrected chi connectivity index (χ2v) is 4.90. The van der Waals surface area contributed by atoms with Crippen molar-refractivity contribution < 1.29 is 4.79 Å². The molecule has 0 atom stereocenters. The maximum Gasteiger partial charge on any atom is 0.317 e. The van der Waals surface area contributed by atoms with Gasteiger partial charge in [0.05, 0.1) is 0 Å². The molecule has 1 fully saturated rings. The predicted octanol–water partition coefficient (Wildman–Crippen LogP) is 1.18. The summed E-state index contributed by atoms with van der Waals surface area (Å²) in [5.41, 5.74) is 0.203. The highest BCUT2D eigenvalue weighted by Gasteiger charge is 2.30. The van der Waals surface area contributed by atoms with E-state index < -0.39 is 0 Å². The summed E-state index contributed by atoms with van der Waals surface area (Å²) in [5, 5.41) is 6.25. The number of carbonyl (C=O) groups excluding carboxylic acids is 1. The first-order valence-corrected chi connectivity index (χ1v) is 5.71. The lowest BCUT2D eigenvalue weighted by atomic mass is 9.90. The lowest BCUT2D eigenvalue weighted by molar-refractivity contribution is 0.152. The SMILES string of the molecule is CNC1(C)CCN(C(=O)NC(C)C)CC1. The number of nitrogens with one attached hydrogen (secondary N) is 2. The molecule has 1 rings (SSSR count). The zero-order valence-corrected chi connectivity index (χ0v) is 10.3. The van der Waals surface area contributed by atoms with Crippen molar-refractivity contribution in [3.8, 4) is 0 Å². The fourth-order valence-electron chi connectivity index (χ4n) is 1.79. The Bertz CT molecular complexity index is 220. The number of likely N-dealkylation sites (tertiary alicyclic amines) is 1. The van der Waals surface area contributed by atoms with E-state index in [1.807, 2.05) is 25.8 Å². The molecule has 1 heterocycles. The number of piperidine rings is 1. The minimum atomic E-state index is 0.0724. The van der Waals surface area contributed by atoms with Gasteiger partial charge in [-0.15, -0.1) is 0 Å². The molecule has 1 saturated heterocycles. The van der Waals surface area contributed by atoms with Crippen LogP contribution in [0.25, 0.3) is 0 Å². The van der Waals surface area contributed by atoms with Gasteiger partial charge in [0.25, 0.3) is 0 Å². The Labute approximate surface area is 92.4 Å². The molecule has 15 heavy (non-hydrogen) atoms. The van der Waals surface area contributed by atoms with Crippen LogP contribution in [0, 0.1) is 0 Å². The Morgan fingerprint density at radius 2 is 1.87 bits per heavy atom. The summed E-state index contributed by atoms with van der Waals surface area (Å²) in [7, 11) is 1.99. The molecule has 1 aliphatic rings. The second kappa shape index (κ2) is 4.84. The quantitative estimate of drug-likeness (QED) is 0.723. The Hall–Kier alpha value is -0.770. The standard InChI is InChI=1S/C11H23N3O/c1-9(2)13-10(15)14-7-5-11(3,12-4)6-8-14/h9,12H,5-8H2,1-4H3,(H,13,15). The zero-order valence-electron chi connectivity index (χ0n) is 10.3. The summed E-state index contributed by atoms with van der Waals surface area (Å²) in [6.45, 7) is 7.87. The minimum Gasteiger partial charge on any atom is -0.336 e. The van der Waals surface area contributed by atoms with E-state index in [4.69, 9.17) is 0 Å². The van der Waals surface area contributed by atoms with E-state index >= 15 is 0 Å². The monoisotopic (exact) mass is 213 g/mol. The molecular weight excluding hydrogens is 190 g/mol. The number of amides is 2. The van der Waals surface area contributed by atoms with Crippen LogP contribution in [0.15, 0.2) is 0 Å². The molecule has 1 aliphatic heterocycles. The van der Waals surface area contributed by atoms with Crippen LogP contribution in [-0.2, 0) is 0 Å². The average molecular weight is 213 g/mol. The van der Waals surface area contributed by atoms with Crippen LogP contribution in [0.1, 0.15) is 33.6 Å². The van der Waals surface area contributed by atoms with Gasteiger partial charge in [-0.1, -0.05) is 0 Å². The van der Waals surface area contributed by atoms with Crippen LogP contribution < -0.4 is 10.6 Å².